The SMILES string of the molecule is CCOc1cccc(CN2CCc3c(nc(-c4ccccc4)[nH]c3=O)C2)c1. The van der Waals surface area contributed by atoms with Crippen molar-refractivity contribution in [3.05, 3.63) is 81.8 Å². The first kappa shape index (κ1) is 17.5. The molecule has 0 atom stereocenters. The minimum absolute atomic E-state index is 0.0168. The van der Waals surface area contributed by atoms with Crippen LogP contribution in [0.5, 0.6) is 5.75 Å². The third-order valence-corrected chi connectivity index (χ3v) is 4.82. The van der Waals surface area contributed by atoms with Crippen LogP contribution in [0.3, 0.4) is 0 Å². The summed E-state index contributed by atoms with van der Waals surface area (Å²) in [5.41, 5.74) is 3.81. The zero-order valence-electron chi connectivity index (χ0n) is 15.4. The van der Waals surface area contributed by atoms with Gasteiger partial charge < -0.3 is 9.72 Å². The highest BCUT2D eigenvalue weighted by Gasteiger charge is 2.21. The van der Waals surface area contributed by atoms with Gasteiger partial charge in [0.05, 0.1) is 12.3 Å². The number of ether oxygens (including phenoxy) is 1. The summed E-state index contributed by atoms with van der Waals surface area (Å²) in [6, 6.07) is 18.0. The maximum absolute atomic E-state index is 12.5. The monoisotopic (exact) mass is 361 g/mol. The van der Waals surface area contributed by atoms with Crippen LogP contribution in [0, 0.1) is 0 Å². The van der Waals surface area contributed by atoms with Gasteiger partial charge in [0.1, 0.15) is 11.6 Å². The molecule has 5 heteroatoms. The van der Waals surface area contributed by atoms with Crippen LogP contribution >= 0.6 is 0 Å². The maximum Gasteiger partial charge on any atom is 0.254 e. The molecule has 1 aromatic heterocycles. The number of hydrogen-bond donors (Lipinski definition) is 1. The molecule has 0 aliphatic carbocycles. The van der Waals surface area contributed by atoms with Gasteiger partial charge in [0.15, 0.2) is 0 Å². The highest BCUT2D eigenvalue weighted by molar-refractivity contribution is 5.54. The van der Waals surface area contributed by atoms with Crippen LogP contribution in [-0.4, -0.2) is 28.0 Å². The molecule has 3 aromatic rings. The lowest BCUT2D eigenvalue weighted by Gasteiger charge is -2.27. The van der Waals surface area contributed by atoms with Crippen molar-refractivity contribution in [1.29, 1.82) is 0 Å². The summed E-state index contributed by atoms with van der Waals surface area (Å²) in [7, 11) is 0. The van der Waals surface area contributed by atoms with Crippen molar-refractivity contribution in [2.75, 3.05) is 13.2 Å². The number of nitrogens with zero attached hydrogens (tertiary/aromatic N) is 2. The van der Waals surface area contributed by atoms with Crippen LogP contribution in [0.1, 0.15) is 23.7 Å². The Labute approximate surface area is 158 Å². The molecule has 1 aliphatic rings. The standard InChI is InChI=1S/C22H23N3O2/c1-2-27-18-10-6-7-16(13-18)14-25-12-11-19-20(15-25)23-21(24-22(19)26)17-8-4-3-5-9-17/h3-10,13H,2,11-12,14-15H2,1H3,(H,23,24,26). The second-order valence-corrected chi connectivity index (χ2v) is 6.75. The molecule has 0 bridgehead atoms. The fourth-order valence-corrected chi connectivity index (χ4v) is 3.52. The summed E-state index contributed by atoms with van der Waals surface area (Å²) in [4.78, 5) is 22.5. The first-order chi connectivity index (χ1) is 13.2. The van der Waals surface area contributed by atoms with E-state index >= 15 is 0 Å². The number of hydrogen-bond acceptors (Lipinski definition) is 4. The van der Waals surface area contributed by atoms with E-state index in [-0.39, 0.29) is 5.56 Å². The Balaban J connectivity index is 1.56. The molecule has 0 radical (unpaired) electrons. The Morgan fingerprint density at radius 3 is 2.81 bits per heavy atom. The van der Waals surface area contributed by atoms with Crippen LogP contribution < -0.4 is 10.3 Å². The molecule has 1 aliphatic heterocycles. The van der Waals surface area contributed by atoms with Crippen molar-refractivity contribution in [2.24, 2.45) is 0 Å². The Kier molecular flexibility index (Phi) is 5.03. The van der Waals surface area contributed by atoms with E-state index in [4.69, 9.17) is 9.72 Å². The quantitative estimate of drug-likeness (QED) is 0.757. The van der Waals surface area contributed by atoms with Gasteiger partial charge in [0.25, 0.3) is 5.56 Å². The highest BCUT2D eigenvalue weighted by atomic mass is 16.5. The third-order valence-electron chi connectivity index (χ3n) is 4.82. The Morgan fingerprint density at radius 2 is 2.00 bits per heavy atom. The predicted molar refractivity (Wildman–Crippen MR) is 106 cm³/mol. The summed E-state index contributed by atoms with van der Waals surface area (Å²) in [5.74, 6) is 1.54. The lowest BCUT2D eigenvalue weighted by Crippen LogP contribution is -2.35. The molecule has 0 fully saturated rings. The summed E-state index contributed by atoms with van der Waals surface area (Å²) in [6.45, 7) is 4.99. The summed E-state index contributed by atoms with van der Waals surface area (Å²) in [6.07, 6.45) is 0.720. The molecule has 27 heavy (non-hydrogen) atoms. The summed E-state index contributed by atoms with van der Waals surface area (Å²) in [5, 5.41) is 0. The summed E-state index contributed by atoms with van der Waals surface area (Å²) < 4.78 is 5.60. The Bertz CT molecular complexity index is 982. The molecular weight excluding hydrogens is 338 g/mol. The zero-order valence-corrected chi connectivity index (χ0v) is 15.4. The fraction of sp³-hybridized carbons (Fsp3) is 0.273. The van der Waals surface area contributed by atoms with Crippen molar-refractivity contribution < 1.29 is 4.74 Å². The van der Waals surface area contributed by atoms with Crippen molar-refractivity contribution in [3.8, 4) is 17.1 Å². The molecule has 0 spiro atoms. The average molecular weight is 361 g/mol. The molecule has 5 nitrogen and oxygen atoms in total. The lowest BCUT2D eigenvalue weighted by atomic mass is 10.0. The van der Waals surface area contributed by atoms with E-state index in [0.29, 0.717) is 19.0 Å². The Morgan fingerprint density at radius 1 is 1.15 bits per heavy atom. The van der Waals surface area contributed by atoms with Crippen molar-refractivity contribution in [1.82, 2.24) is 14.9 Å². The highest BCUT2D eigenvalue weighted by Crippen LogP contribution is 2.21. The molecule has 2 heterocycles. The van der Waals surface area contributed by atoms with Crippen LogP contribution in [0.15, 0.2) is 59.4 Å². The number of aromatic nitrogens is 2. The fourth-order valence-electron chi connectivity index (χ4n) is 3.52. The molecule has 0 amide bonds. The first-order valence-electron chi connectivity index (χ1n) is 9.34. The number of H-pyrrole nitrogens is 1. The normalized spacial score (nSPS) is 14.0. The van der Waals surface area contributed by atoms with E-state index in [1.807, 2.05) is 49.4 Å². The van der Waals surface area contributed by atoms with Gasteiger partial charge in [0.2, 0.25) is 0 Å². The molecule has 138 valence electrons. The molecule has 1 N–H and O–H groups in total. The van der Waals surface area contributed by atoms with Gasteiger partial charge in [-0.25, -0.2) is 4.98 Å². The van der Waals surface area contributed by atoms with Gasteiger partial charge >= 0.3 is 0 Å². The largest absolute Gasteiger partial charge is 0.494 e. The minimum Gasteiger partial charge on any atom is -0.494 e. The minimum atomic E-state index is -0.0168. The third kappa shape index (κ3) is 3.93. The average Bonchev–Trinajstić information content (AvgIpc) is 2.69. The van der Waals surface area contributed by atoms with Crippen LogP contribution in [0.25, 0.3) is 11.4 Å². The molecule has 0 unspecified atom stereocenters. The Hall–Kier alpha value is -2.92. The van der Waals surface area contributed by atoms with Gasteiger partial charge in [-0.2, -0.15) is 0 Å². The predicted octanol–water partition coefficient (Wildman–Crippen LogP) is 3.39. The van der Waals surface area contributed by atoms with Gasteiger partial charge in [0, 0.05) is 30.8 Å². The number of benzene rings is 2. The number of rotatable bonds is 5. The van der Waals surface area contributed by atoms with Gasteiger partial charge in [-0.05, 0) is 31.0 Å². The van der Waals surface area contributed by atoms with E-state index in [2.05, 4.69) is 22.0 Å². The second-order valence-electron chi connectivity index (χ2n) is 6.75. The number of aromatic amines is 1. The molecule has 4 rings (SSSR count). The maximum atomic E-state index is 12.5. The van der Waals surface area contributed by atoms with Gasteiger partial charge in [-0.3, -0.25) is 9.69 Å². The van der Waals surface area contributed by atoms with E-state index in [9.17, 15) is 4.79 Å². The van der Waals surface area contributed by atoms with Crippen molar-refractivity contribution >= 4 is 0 Å². The summed E-state index contributed by atoms with van der Waals surface area (Å²) >= 11 is 0. The topological polar surface area (TPSA) is 58.2 Å². The van der Waals surface area contributed by atoms with Crippen LogP contribution in [-0.2, 0) is 19.5 Å². The van der Waals surface area contributed by atoms with E-state index in [1.54, 1.807) is 0 Å². The van der Waals surface area contributed by atoms with Crippen LogP contribution in [0.2, 0.25) is 0 Å². The van der Waals surface area contributed by atoms with Gasteiger partial charge in [-0.1, -0.05) is 42.5 Å². The molecular formula is C22H23N3O2. The number of fused-ring (bicyclic) bond motifs is 1. The lowest BCUT2D eigenvalue weighted by molar-refractivity contribution is 0.240. The smallest absolute Gasteiger partial charge is 0.254 e. The molecule has 0 saturated heterocycles. The van der Waals surface area contributed by atoms with Gasteiger partial charge in [-0.15, -0.1) is 0 Å². The molecule has 0 saturated carbocycles. The second kappa shape index (κ2) is 7.76. The van der Waals surface area contributed by atoms with Crippen LogP contribution in [0.4, 0.5) is 0 Å². The van der Waals surface area contributed by atoms with E-state index in [1.165, 1.54) is 5.56 Å². The number of nitrogens with one attached hydrogen (secondary N) is 1. The zero-order chi connectivity index (χ0) is 18.6. The first-order valence-corrected chi connectivity index (χ1v) is 9.34. The van der Waals surface area contributed by atoms with Crippen molar-refractivity contribution in [3.63, 3.8) is 0 Å². The van der Waals surface area contributed by atoms with E-state index in [0.717, 1.165) is 42.1 Å². The van der Waals surface area contributed by atoms with Crippen molar-refractivity contribution in [2.45, 2.75) is 26.4 Å². The molecule has 2 aromatic carbocycles. The van der Waals surface area contributed by atoms with E-state index < -0.39 is 0 Å².